The Hall–Kier alpha value is -1.73. The lowest BCUT2D eigenvalue weighted by Gasteiger charge is -2.40. The summed E-state index contributed by atoms with van der Waals surface area (Å²) in [6, 6.07) is 9.77. The predicted octanol–water partition coefficient (Wildman–Crippen LogP) is 5.95. The van der Waals surface area contributed by atoms with Crippen molar-refractivity contribution >= 4 is 17.4 Å². The lowest BCUT2D eigenvalue weighted by atomic mass is 9.86. The maximum Gasteiger partial charge on any atom is 0.416 e. The molecule has 3 aliphatic rings. The fourth-order valence-electron chi connectivity index (χ4n) is 5.50. The van der Waals surface area contributed by atoms with Crippen LogP contribution in [0.3, 0.4) is 0 Å². The summed E-state index contributed by atoms with van der Waals surface area (Å²) in [4.78, 5) is 5.62. The number of hydrogen-bond donors (Lipinski definition) is 0. The molecule has 2 atom stereocenters. The van der Waals surface area contributed by atoms with Crippen LogP contribution in [0.2, 0.25) is 0 Å². The lowest BCUT2D eigenvalue weighted by Crippen LogP contribution is -2.47. The van der Waals surface area contributed by atoms with Crippen LogP contribution < -0.4 is 4.90 Å². The number of thioether (sulfide) groups is 1. The van der Waals surface area contributed by atoms with Crippen molar-refractivity contribution in [1.29, 1.82) is 0 Å². The van der Waals surface area contributed by atoms with E-state index in [1.165, 1.54) is 18.2 Å². The maximum absolute atomic E-state index is 13.9. The Morgan fingerprint density at radius 1 is 1.00 bits per heavy atom. The summed E-state index contributed by atoms with van der Waals surface area (Å²) in [6.45, 7) is 3.37. The normalized spacial score (nSPS) is 23.0. The highest BCUT2D eigenvalue weighted by Crippen LogP contribution is 2.54. The molecule has 0 radical (unpaired) electrons. The van der Waals surface area contributed by atoms with Crippen LogP contribution in [0.5, 0.6) is 0 Å². The van der Waals surface area contributed by atoms with E-state index >= 15 is 0 Å². The van der Waals surface area contributed by atoms with Crippen molar-refractivity contribution < 1.29 is 17.6 Å². The minimum Gasteiger partial charge on any atom is -0.366 e. The van der Waals surface area contributed by atoms with E-state index in [1.54, 1.807) is 17.8 Å². The van der Waals surface area contributed by atoms with Crippen molar-refractivity contribution in [3.05, 3.63) is 58.9 Å². The number of hydrogen-bond acceptors (Lipinski definition) is 3. The molecule has 166 valence electrons. The van der Waals surface area contributed by atoms with Crippen LogP contribution in [0.25, 0.3) is 0 Å². The third-order valence-electron chi connectivity index (χ3n) is 6.90. The highest BCUT2D eigenvalue weighted by Gasteiger charge is 2.48. The number of piperidine rings is 1. The molecule has 0 saturated carbocycles. The minimum atomic E-state index is -4.32. The van der Waals surface area contributed by atoms with Crippen molar-refractivity contribution in [2.75, 3.05) is 36.8 Å². The lowest BCUT2D eigenvalue weighted by molar-refractivity contribution is -0.138. The summed E-state index contributed by atoms with van der Waals surface area (Å²) in [6.07, 6.45) is -0.514. The van der Waals surface area contributed by atoms with Crippen LogP contribution in [0.15, 0.2) is 41.3 Å². The second-order valence-electron chi connectivity index (χ2n) is 8.76. The van der Waals surface area contributed by atoms with Crippen LogP contribution in [-0.2, 0) is 12.6 Å². The van der Waals surface area contributed by atoms with E-state index in [2.05, 4.69) is 9.80 Å². The van der Waals surface area contributed by atoms with Gasteiger partial charge >= 0.3 is 6.18 Å². The van der Waals surface area contributed by atoms with Gasteiger partial charge in [-0.05, 0) is 67.6 Å². The fraction of sp³-hybridized carbons (Fsp3) is 0.500. The topological polar surface area (TPSA) is 6.48 Å². The van der Waals surface area contributed by atoms with Crippen molar-refractivity contribution in [3.63, 3.8) is 0 Å². The summed E-state index contributed by atoms with van der Waals surface area (Å²) in [5, 5.41) is 0. The molecule has 5 rings (SSSR count). The van der Waals surface area contributed by atoms with Gasteiger partial charge in [-0.15, -0.1) is 11.8 Å². The molecule has 1 saturated heterocycles. The molecular formula is C24H26F4N2S. The Morgan fingerprint density at radius 3 is 2.58 bits per heavy atom. The second kappa shape index (κ2) is 8.32. The number of rotatable bonds is 5. The average Bonchev–Trinajstić information content (AvgIpc) is 3.08. The average molecular weight is 451 g/mol. The second-order valence-corrected chi connectivity index (χ2v) is 9.90. The Kier molecular flexibility index (Phi) is 5.67. The van der Waals surface area contributed by atoms with Gasteiger partial charge in [0.1, 0.15) is 5.82 Å². The van der Waals surface area contributed by atoms with Crippen LogP contribution in [0, 0.1) is 5.82 Å². The van der Waals surface area contributed by atoms with E-state index < -0.39 is 11.7 Å². The summed E-state index contributed by atoms with van der Waals surface area (Å²) in [5.41, 5.74) is 2.08. The van der Waals surface area contributed by atoms with Gasteiger partial charge in [-0.1, -0.05) is 12.1 Å². The first-order valence-corrected chi connectivity index (χ1v) is 12.0. The van der Waals surface area contributed by atoms with Gasteiger partial charge in [0.2, 0.25) is 0 Å². The number of benzene rings is 2. The minimum absolute atomic E-state index is 0.0730. The first-order chi connectivity index (χ1) is 14.9. The molecule has 3 heterocycles. The fourth-order valence-corrected chi connectivity index (χ4v) is 6.54. The van der Waals surface area contributed by atoms with Gasteiger partial charge in [0.15, 0.2) is 0 Å². The molecule has 2 nitrogen and oxygen atoms in total. The molecule has 0 aliphatic carbocycles. The standard InChI is InChI=1S/C24H26F4N2S/c25-17-6-4-16(5-7-17)3-1-2-11-29-12-10-20-18(15-29)22-19(24(26,27)28)8-9-21-23(22)30(20)13-14-31-21/h4-9,18,20H,1-3,10-15H2. The molecule has 2 aromatic carbocycles. The summed E-state index contributed by atoms with van der Waals surface area (Å²) >= 11 is 1.68. The maximum atomic E-state index is 13.9. The van der Waals surface area contributed by atoms with Gasteiger partial charge in [0, 0.05) is 42.2 Å². The molecule has 3 aliphatic heterocycles. The molecule has 0 bridgehead atoms. The van der Waals surface area contributed by atoms with Gasteiger partial charge in [-0.2, -0.15) is 13.2 Å². The van der Waals surface area contributed by atoms with E-state index in [9.17, 15) is 17.6 Å². The number of likely N-dealkylation sites (tertiary alicyclic amines) is 1. The number of aryl methyl sites for hydroxylation is 1. The summed E-state index contributed by atoms with van der Waals surface area (Å²) in [7, 11) is 0. The highest BCUT2D eigenvalue weighted by molar-refractivity contribution is 7.99. The van der Waals surface area contributed by atoms with Crippen molar-refractivity contribution in [2.45, 2.75) is 48.7 Å². The van der Waals surface area contributed by atoms with Gasteiger partial charge in [-0.3, -0.25) is 0 Å². The molecule has 0 aromatic heterocycles. The zero-order chi connectivity index (χ0) is 21.6. The van der Waals surface area contributed by atoms with Crippen LogP contribution in [0.1, 0.15) is 41.9 Å². The molecule has 0 N–H and O–H groups in total. The van der Waals surface area contributed by atoms with E-state index in [-0.39, 0.29) is 17.8 Å². The SMILES string of the molecule is Fc1ccc(CCCCN2CCC3C(C2)c2c(C(F)(F)F)ccc4c2N3CCS4)cc1. The van der Waals surface area contributed by atoms with Crippen molar-refractivity contribution in [3.8, 4) is 0 Å². The van der Waals surface area contributed by atoms with E-state index in [0.717, 1.165) is 67.2 Å². The van der Waals surface area contributed by atoms with Crippen molar-refractivity contribution in [1.82, 2.24) is 4.90 Å². The van der Waals surface area contributed by atoms with Crippen LogP contribution >= 0.6 is 11.8 Å². The number of fused-ring (bicyclic) bond motifs is 3. The zero-order valence-electron chi connectivity index (χ0n) is 17.3. The number of anilines is 1. The van der Waals surface area contributed by atoms with E-state index in [0.29, 0.717) is 12.1 Å². The van der Waals surface area contributed by atoms with Gasteiger partial charge in [-0.25, -0.2) is 4.39 Å². The third-order valence-corrected chi connectivity index (χ3v) is 7.92. The monoisotopic (exact) mass is 450 g/mol. The molecule has 0 amide bonds. The van der Waals surface area contributed by atoms with E-state index in [4.69, 9.17) is 0 Å². The molecule has 0 spiro atoms. The molecular weight excluding hydrogens is 424 g/mol. The first-order valence-electron chi connectivity index (χ1n) is 11.0. The van der Waals surface area contributed by atoms with Gasteiger partial charge in [0.25, 0.3) is 0 Å². The summed E-state index contributed by atoms with van der Waals surface area (Å²) < 4.78 is 54.6. The number of unbranched alkanes of at least 4 members (excludes halogenated alkanes) is 1. The number of alkyl halides is 3. The molecule has 2 unspecified atom stereocenters. The zero-order valence-corrected chi connectivity index (χ0v) is 18.1. The number of halogens is 4. The molecule has 7 heteroatoms. The summed E-state index contributed by atoms with van der Waals surface area (Å²) in [5.74, 6) is 0.645. The van der Waals surface area contributed by atoms with Gasteiger partial charge < -0.3 is 9.80 Å². The van der Waals surface area contributed by atoms with E-state index in [1.807, 2.05) is 12.1 Å². The predicted molar refractivity (Wildman–Crippen MR) is 116 cm³/mol. The molecule has 31 heavy (non-hydrogen) atoms. The van der Waals surface area contributed by atoms with Crippen LogP contribution in [-0.4, -0.2) is 42.9 Å². The Labute approximate surface area is 184 Å². The van der Waals surface area contributed by atoms with Gasteiger partial charge in [0.05, 0.1) is 11.3 Å². The quantitative estimate of drug-likeness (QED) is 0.411. The highest BCUT2D eigenvalue weighted by atomic mass is 32.2. The molecule has 1 fully saturated rings. The Bertz CT molecular complexity index is 944. The first kappa shape index (κ1) is 21.1. The number of nitrogens with zero attached hydrogens (tertiary/aromatic N) is 2. The van der Waals surface area contributed by atoms with Crippen LogP contribution in [0.4, 0.5) is 23.2 Å². The largest absolute Gasteiger partial charge is 0.416 e. The Morgan fingerprint density at radius 2 is 1.81 bits per heavy atom. The third kappa shape index (κ3) is 4.07. The smallest absolute Gasteiger partial charge is 0.366 e. The molecule has 2 aromatic rings. The van der Waals surface area contributed by atoms with Crippen molar-refractivity contribution in [2.24, 2.45) is 0 Å². The Balaban J connectivity index is 1.28.